The highest BCUT2D eigenvalue weighted by Gasteiger charge is 2.29. The molecule has 1 atom stereocenters. The zero-order chi connectivity index (χ0) is 19.9. The van der Waals surface area contributed by atoms with Crippen molar-refractivity contribution in [1.29, 1.82) is 0 Å². The highest BCUT2D eigenvalue weighted by molar-refractivity contribution is 5.85. The van der Waals surface area contributed by atoms with Gasteiger partial charge in [0.15, 0.2) is 0 Å². The molecule has 1 saturated heterocycles. The van der Waals surface area contributed by atoms with Crippen molar-refractivity contribution in [2.24, 2.45) is 0 Å². The van der Waals surface area contributed by atoms with Crippen LogP contribution in [-0.4, -0.2) is 41.2 Å². The molecule has 158 valence electrons. The number of rotatable bonds is 8. The summed E-state index contributed by atoms with van der Waals surface area (Å²) in [6.07, 6.45) is 3.58. The van der Waals surface area contributed by atoms with E-state index in [0.29, 0.717) is 13.0 Å². The molecule has 0 bridgehead atoms. The van der Waals surface area contributed by atoms with E-state index >= 15 is 0 Å². The number of carboxylic acids is 1. The Kier molecular flexibility index (Phi) is 9.15. The molecule has 2 aromatic rings. The lowest BCUT2D eigenvalue weighted by molar-refractivity contribution is -0.145. The molecule has 0 aliphatic carbocycles. The Bertz CT molecular complexity index is 770. The Morgan fingerprint density at radius 2 is 1.79 bits per heavy atom. The van der Waals surface area contributed by atoms with Crippen LogP contribution in [0.25, 0.3) is 11.1 Å². The second-order valence-corrected chi connectivity index (χ2v) is 7.71. The van der Waals surface area contributed by atoms with Gasteiger partial charge in [0.2, 0.25) is 0 Å². The van der Waals surface area contributed by atoms with Crippen molar-refractivity contribution in [2.75, 3.05) is 13.1 Å². The predicted molar refractivity (Wildman–Crippen MR) is 120 cm³/mol. The van der Waals surface area contributed by atoms with E-state index in [4.69, 9.17) is 4.74 Å². The fraction of sp³-hybridized carbons (Fsp3) is 0.458. The van der Waals surface area contributed by atoms with E-state index in [9.17, 15) is 9.90 Å². The van der Waals surface area contributed by atoms with Crippen LogP contribution in [0.4, 0.5) is 0 Å². The highest BCUT2D eigenvalue weighted by Crippen LogP contribution is 2.26. The summed E-state index contributed by atoms with van der Waals surface area (Å²) in [5.41, 5.74) is 4.88. The maximum atomic E-state index is 11.5. The third-order valence-corrected chi connectivity index (χ3v) is 5.62. The number of carbonyl (C=O) groups is 1. The number of benzene rings is 2. The lowest BCUT2D eigenvalue weighted by Gasteiger charge is -2.35. The maximum absolute atomic E-state index is 11.5. The van der Waals surface area contributed by atoms with E-state index in [1.807, 2.05) is 6.92 Å². The van der Waals surface area contributed by atoms with Gasteiger partial charge in [-0.1, -0.05) is 67.4 Å². The Balaban J connectivity index is 0.00000300. The lowest BCUT2D eigenvalue weighted by Crippen LogP contribution is -2.47. The molecule has 0 spiro atoms. The average Bonchev–Trinajstić information content (AvgIpc) is 2.72. The van der Waals surface area contributed by atoms with Crippen LogP contribution in [0, 0.1) is 6.92 Å². The van der Waals surface area contributed by atoms with Crippen molar-refractivity contribution in [3.8, 4) is 11.1 Å². The number of nitrogens with zero attached hydrogens (tertiary/aromatic N) is 1. The molecular formula is C24H32ClNO3. The van der Waals surface area contributed by atoms with Gasteiger partial charge in [-0.05, 0) is 42.9 Å². The van der Waals surface area contributed by atoms with Crippen LogP contribution in [0.3, 0.4) is 0 Å². The van der Waals surface area contributed by atoms with E-state index in [1.54, 1.807) is 0 Å². The molecule has 0 saturated carbocycles. The summed E-state index contributed by atoms with van der Waals surface area (Å²) in [5.74, 6) is -0.701. The summed E-state index contributed by atoms with van der Waals surface area (Å²) in [6, 6.07) is 16.6. The van der Waals surface area contributed by atoms with Crippen LogP contribution in [-0.2, 0) is 16.1 Å². The topological polar surface area (TPSA) is 49.8 Å². The fourth-order valence-corrected chi connectivity index (χ4v) is 3.96. The van der Waals surface area contributed by atoms with Gasteiger partial charge in [0.1, 0.15) is 6.04 Å². The Morgan fingerprint density at radius 3 is 2.41 bits per heavy atom. The van der Waals surface area contributed by atoms with Crippen molar-refractivity contribution in [1.82, 2.24) is 4.90 Å². The van der Waals surface area contributed by atoms with Gasteiger partial charge >= 0.3 is 5.97 Å². The minimum absolute atomic E-state index is 0. The smallest absolute Gasteiger partial charge is 0.320 e. The van der Waals surface area contributed by atoms with Gasteiger partial charge in [0, 0.05) is 13.1 Å². The fourth-order valence-electron chi connectivity index (χ4n) is 3.96. The molecule has 1 heterocycles. The number of ether oxygens (including phenoxy) is 1. The third kappa shape index (κ3) is 6.30. The van der Waals surface area contributed by atoms with E-state index in [1.165, 1.54) is 22.3 Å². The van der Waals surface area contributed by atoms with Gasteiger partial charge in [-0.3, -0.25) is 9.69 Å². The van der Waals surface area contributed by atoms with Gasteiger partial charge in [-0.15, -0.1) is 12.4 Å². The van der Waals surface area contributed by atoms with E-state index in [2.05, 4.69) is 60.4 Å². The molecule has 0 radical (unpaired) electrons. The number of likely N-dealkylation sites (tertiary alicyclic amines) is 1. The van der Waals surface area contributed by atoms with Crippen molar-refractivity contribution >= 4 is 18.4 Å². The molecule has 1 aliphatic rings. The van der Waals surface area contributed by atoms with Crippen molar-refractivity contribution < 1.29 is 14.6 Å². The summed E-state index contributed by atoms with van der Waals surface area (Å²) in [4.78, 5) is 13.6. The largest absolute Gasteiger partial charge is 0.480 e. The lowest BCUT2D eigenvalue weighted by atomic mass is 9.99. The summed E-state index contributed by atoms with van der Waals surface area (Å²) in [7, 11) is 0. The minimum atomic E-state index is -0.701. The minimum Gasteiger partial charge on any atom is -0.480 e. The van der Waals surface area contributed by atoms with Gasteiger partial charge in [0.25, 0.3) is 0 Å². The molecule has 4 nitrogen and oxygen atoms in total. The summed E-state index contributed by atoms with van der Waals surface area (Å²) in [6.45, 7) is 6.31. The van der Waals surface area contributed by atoms with E-state index < -0.39 is 5.97 Å². The number of halogens is 1. The third-order valence-electron chi connectivity index (χ3n) is 5.62. The number of hydrogen-bond acceptors (Lipinski definition) is 3. The molecule has 0 amide bonds. The van der Waals surface area contributed by atoms with Crippen LogP contribution < -0.4 is 0 Å². The van der Waals surface area contributed by atoms with Crippen molar-refractivity contribution in [3.05, 3.63) is 59.7 Å². The van der Waals surface area contributed by atoms with Crippen molar-refractivity contribution in [2.45, 2.75) is 58.3 Å². The van der Waals surface area contributed by atoms with Gasteiger partial charge in [-0.2, -0.15) is 0 Å². The molecule has 0 aromatic heterocycles. The monoisotopic (exact) mass is 417 g/mol. The molecule has 1 unspecified atom stereocenters. The van der Waals surface area contributed by atoms with E-state index in [0.717, 1.165) is 32.4 Å². The SMILES string of the molecule is CCCC(C(=O)O)N1CCC(OCc2ccccc2-c2ccc(C)cc2)CC1.Cl. The number of aliphatic carboxylic acids is 1. The zero-order valence-corrected chi connectivity index (χ0v) is 18.2. The van der Waals surface area contributed by atoms with Gasteiger partial charge < -0.3 is 9.84 Å². The average molecular weight is 418 g/mol. The summed E-state index contributed by atoms with van der Waals surface area (Å²) in [5, 5.41) is 9.46. The molecule has 1 N–H and O–H groups in total. The Morgan fingerprint density at radius 1 is 1.14 bits per heavy atom. The number of hydrogen-bond donors (Lipinski definition) is 1. The first-order valence-electron chi connectivity index (χ1n) is 10.3. The number of carboxylic acid groups (broad SMARTS) is 1. The maximum Gasteiger partial charge on any atom is 0.320 e. The van der Waals surface area contributed by atoms with Crippen LogP contribution in [0.15, 0.2) is 48.5 Å². The molecule has 3 rings (SSSR count). The second kappa shape index (κ2) is 11.3. The molecular weight excluding hydrogens is 386 g/mol. The van der Waals surface area contributed by atoms with Crippen LogP contribution >= 0.6 is 12.4 Å². The predicted octanol–water partition coefficient (Wildman–Crippen LogP) is 5.32. The summed E-state index contributed by atoms with van der Waals surface area (Å²) >= 11 is 0. The first-order valence-corrected chi connectivity index (χ1v) is 10.3. The first-order chi connectivity index (χ1) is 13.6. The molecule has 29 heavy (non-hydrogen) atoms. The normalized spacial score (nSPS) is 16.2. The number of piperidine rings is 1. The molecule has 5 heteroatoms. The van der Waals surface area contributed by atoms with Crippen LogP contribution in [0.5, 0.6) is 0 Å². The number of aryl methyl sites for hydroxylation is 1. The van der Waals surface area contributed by atoms with Gasteiger partial charge in [-0.25, -0.2) is 0 Å². The van der Waals surface area contributed by atoms with Crippen LogP contribution in [0.2, 0.25) is 0 Å². The van der Waals surface area contributed by atoms with Gasteiger partial charge in [0.05, 0.1) is 12.7 Å². The zero-order valence-electron chi connectivity index (χ0n) is 17.3. The highest BCUT2D eigenvalue weighted by atomic mass is 35.5. The Hall–Kier alpha value is -1.88. The molecule has 2 aromatic carbocycles. The molecule has 1 fully saturated rings. The first kappa shape index (κ1) is 23.4. The van der Waals surface area contributed by atoms with Crippen LogP contribution in [0.1, 0.15) is 43.7 Å². The molecule has 1 aliphatic heterocycles. The van der Waals surface area contributed by atoms with Crippen molar-refractivity contribution in [3.63, 3.8) is 0 Å². The second-order valence-electron chi connectivity index (χ2n) is 7.71. The standard InChI is InChI=1S/C24H31NO3.ClH/c1-3-6-23(24(26)27)25-15-13-21(14-16-25)28-17-20-7-4-5-8-22(20)19-11-9-18(2)10-12-19;/h4-5,7-12,21,23H,3,6,13-17H2,1-2H3,(H,26,27);1H. The quantitative estimate of drug-likeness (QED) is 0.631. The summed E-state index contributed by atoms with van der Waals surface area (Å²) < 4.78 is 6.23. The Labute approximate surface area is 180 Å². The van der Waals surface area contributed by atoms with E-state index in [-0.39, 0.29) is 24.6 Å².